The van der Waals surface area contributed by atoms with E-state index in [-0.39, 0.29) is 6.10 Å². The van der Waals surface area contributed by atoms with E-state index in [9.17, 15) is 0 Å². The van der Waals surface area contributed by atoms with E-state index >= 15 is 0 Å². The quantitative estimate of drug-likeness (QED) is 0.533. The molecule has 0 aliphatic carbocycles. The molecule has 0 aromatic rings. The first kappa shape index (κ1) is 10.9. The van der Waals surface area contributed by atoms with Crippen LogP contribution >= 0.6 is 0 Å². The first-order chi connectivity index (χ1) is 5.16. The predicted molar refractivity (Wildman–Crippen MR) is 47.7 cm³/mol. The molecular weight excluding hydrogens is 140 g/mol. The zero-order valence-corrected chi connectivity index (χ0v) is 7.80. The topological polar surface area (TPSA) is 35.5 Å². The highest BCUT2D eigenvalue weighted by molar-refractivity contribution is 4.57. The Bertz CT molecular complexity index is 86.2. The molecule has 0 bridgehead atoms. The molecule has 2 N–H and O–H groups in total. The first-order valence-corrected chi connectivity index (χ1v) is 4.20. The molecule has 68 valence electrons. The highest BCUT2D eigenvalue weighted by atomic mass is 16.3. The summed E-state index contributed by atoms with van der Waals surface area (Å²) in [7, 11) is 4.08. The first-order valence-electron chi connectivity index (χ1n) is 4.20. The standard InChI is InChI=1S/C8H20N2O/c1-4-8(11)7-9-5-6-10(2)3/h8-9,11H,4-7H2,1-3H3. The van der Waals surface area contributed by atoms with Crippen LogP contribution in [0.3, 0.4) is 0 Å². The maximum absolute atomic E-state index is 9.15. The summed E-state index contributed by atoms with van der Waals surface area (Å²) in [5.41, 5.74) is 0. The third-order valence-corrected chi connectivity index (χ3v) is 1.59. The summed E-state index contributed by atoms with van der Waals surface area (Å²) in [5.74, 6) is 0. The third-order valence-electron chi connectivity index (χ3n) is 1.59. The van der Waals surface area contributed by atoms with Crippen molar-refractivity contribution in [2.75, 3.05) is 33.7 Å². The minimum absolute atomic E-state index is 0.183. The Morgan fingerprint density at radius 2 is 2.09 bits per heavy atom. The van der Waals surface area contributed by atoms with Gasteiger partial charge >= 0.3 is 0 Å². The molecule has 0 aromatic heterocycles. The van der Waals surface area contributed by atoms with E-state index in [0.29, 0.717) is 6.54 Å². The van der Waals surface area contributed by atoms with Gasteiger partial charge in [-0.1, -0.05) is 6.92 Å². The van der Waals surface area contributed by atoms with Gasteiger partial charge in [-0.25, -0.2) is 0 Å². The van der Waals surface area contributed by atoms with E-state index in [1.54, 1.807) is 0 Å². The van der Waals surface area contributed by atoms with E-state index < -0.39 is 0 Å². The Morgan fingerprint density at radius 1 is 1.45 bits per heavy atom. The van der Waals surface area contributed by atoms with Crippen LogP contribution in [0.5, 0.6) is 0 Å². The van der Waals surface area contributed by atoms with Gasteiger partial charge in [-0.3, -0.25) is 0 Å². The fourth-order valence-corrected chi connectivity index (χ4v) is 0.716. The molecule has 0 rings (SSSR count). The minimum Gasteiger partial charge on any atom is -0.392 e. The molecule has 0 fully saturated rings. The second-order valence-electron chi connectivity index (χ2n) is 3.07. The van der Waals surface area contributed by atoms with Crippen molar-refractivity contribution in [2.45, 2.75) is 19.4 Å². The van der Waals surface area contributed by atoms with Gasteiger partial charge in [0.15, 0.2) is 0 Å². The van der Waals surface area contributed by atoms with E-state index in [1.165, 1.54) is 0 Å². The summed E-state index contributed by atoms with van der Waals surface area (Å²) in [6, 6.07) is 0. The van der Waals surface area contributed by atoms with Gasteiger partial charge in [0.05, 0.1) is 6.10 Å². The van der Waals surface area contributed by atoms with Crippen molar-refractivity contribution in [2.24, 2.45) is 0 Å². The van der Waals surface area contributed by atoms with Crippen LogP contribution in [0.25, 0.3) is 0 Å². The highest BCUT2D eigenvalue weighted by Crippen LogP contribution is 1.85. The molecule has 0 aromatic carbocycles. The normalized spacial score (nSPS) is 13.9. The van der Waals surface area contributed by atoms with Crippen LogP contribution in [0.2, 0.25) is 0 Å². The largest absolute Gasteiger partial charge is 0.392 e. The van der Waals surface area contributed by atoms with Crippen LogP contribution in [0, 0.1) is 0 Å². The number of nitrogens with zero attached hydrogens (tertiary/aromatic N) is 1. The lowest BCUT2D eigenvalue weighted by Gasteiger charge is -2.12. The van der Waals surface area contributed by atoms with Gasteiger partial charge in [0.25, 0.3) is 0 Å². The van der Waals surface area contributed by atoms with E-state index in [4.69, 9.17) is 5.11 Å². The van der Waals surface area contributed by atoms with E-state index in [2.05, 4.69) is 10.2 Å². The Kier molecular flexibility index (Phi) is 6.51. The minimum atomic E-state index is -0.183. The third kappa shape index (κ3) is 7.78. The van der Waals surface area contributed by atoms with Crippen LogP contribution in [0.4, 0.5) is 0 Å². The Morgan fingerprint density at radius 3 is 2.55 bits per heavy atom. The summed E-state index contributed by atoms with van der Waals surface area (Å²) >= 11 is 0. The molecule has 0 saturated heterocycles. The highest BCUT2D eigenvalue weighted by Gasteiger charge is 1.98. The van der Waals surface area contributed by atoms with Crippen molar-refractivity contribution in [1.82, 2.24) is 10.2 Å². The predicted octanol–water partition coefficient (Wildman–Crippen LogP) is -0.0915. The second kappa shape index (κ2) is 6.58. The summed E-state index contributed by atoms with van der Waals surface area (Å²) in [6.45, 7) is 4.67. The van der Waals surface area contributed by atoms with Gasteiger partial charge in [0, 0.05) is 19.6 Å². The summed E-state index contributed by atoms with van der Waals surface area (Å²) in [4.78, 5) is 2.12. The monoisotopic (exact) mass is 160 g/mol. The molecule has 0 radical (unpaired) electrons. The molecule has 1 unspecified atom stereocenters. The number of aliphatic hydroxyl groups excluding tert-OH is 1. The zero-order valence-electron chi connectivity index (χ0n) is 7.80. The van der Waals surface area contributed by atoms with Crippen molar-refractivity contribution in [3.63, 3.8) is 0 Å². The van der Waals surface area contributed by atoms with Gasteiger partial charge in [0.2, 0.25) is 0 Å². The fourth-order valence-electron chi connectivity index (χ4n) is 0.716. The number of aliphatic hydroxyl groups is 1. The molecule has 11 heavy (non-hydrogen) atoms. The van der Waals surface area contributed by atoms with Crippen molar-refractivity contribution < 1.29 is 5.11 Å². The summed E-state index contributed by atoms with van der Waals surface area (Å²) < 4.78 is 0. The van der Waals surface area contributed by atoms with Gasteiger partial charge in [-0.15, -0.1) is 0 Å². The maximum atomic E-state index is 9.15. The lowest BCUT2D eigenvalue weighted by molar-refractivity contribution is 0.166. The number of hydrogen-bond acceptors (Lipinski definition) is 3. The molecule has 3 nitrogen and oxygen atoms in total. The summed E-state index contributed by atoms with van der Waals surface area (Å²) in [6.07, 6.45) is 0.645. The van der Waals surface area contributed by atoms with Crippen LogP contribution < -0.4 is 5.32 Å². The van der Waals surface area contributed by atoms with Crippen LogP contribution in [-0.2, 0) is 0 Å². The Balaban J connectivity index is 3.01. The van der Waals surface area contributed by atoms with Gasteiger partial charge < -0.3 is 15.3 Å². The average Bonchev–Trinajstić information content (AvgIpc) is 1.97. The molecule has 3 heteroatoms. The SMILES string of the molecule is CCC(O)CNCCN(C)C. The Labute approximate surface area is 69.4 Å². The van der Waals surface area contributed by atoms with Crippen LogP contribution in [0.1, 0.15) is 13.3 Å². The second-order valence-corrected chi connectivity index (χ2v) is 3.07. The molecule has 0 heterocycles. The number of rotatable bonds is 6. The molecule has 0 spiro atoms. The van der Waals surface area contributed by atoms with Crippen LogP contribution in [-0.4, -0.2) is 49.8 Å². The van der Waals surface area contributed by atoms with Gasteiger partial charge in [-0.2, -0.15) is 0 Å². The molecule has 1 atom stereocenters. The van der Waals surface area contributed by atoms with E-state index in [1.807, 2.05) is 21.0 Å². The van der Waals surface area contributed by atoms with Gasteiger partial charge in [-0.05, 0) is 20.5 Å². The fraction of sp³-hybridized carbons (Fsp3) is 1.00. The van der Waals surface area contributed by atoms with E-state index in [0.717, 1.165) is 19.5 Å². The lowest BCUT2D eigenvalue weighted by atomic mass is 10.3. The van der Waals surface area contributed by atoms with Crippen LogP contribution in [0.15, 0.2) is 0 Å². The zero-order chi connectivity index (χ0) is 8.69. The molecule has 0 amide bonds. The van der Waals surface area contributed by atoms with Crippen molar-refractivity contribution >= 4 is 0 Å². The number of hydrogen-bond donors (Lipinski definition) is 2. The number of likely N-dealkylation sites (N-methyl/N-ethyl adjacent to an activating group) is 1. The smallest absolute Gasteiger partial charge is 0.0662 e. The molecule has 0 aliphatic heterocycles. The molecule has 0 saturated carbocycles. The lowest BCUT2D eigenvalue weighted by Crippen LogP contribution is -2.32. The van der Waals surface area contributed by atoms with Crippen molar-refractivity contribution in [3.8, 4) is 0 Å². The maximum Gasteiger partial charge on any atom is 0.0662 e. The molecular formula is C8H20N2O. The van der Waals surface area contributed by atoms with Crippen molar-refractivity contribution in [1.29, 1.82) is 0 Å². The summed E-state index contributed by atoms with van der Waals surface area (Å²) in [5, 5.41) is 12.3. The molecule has 0 aliphatic rings. The van der Waals surface area contributed by atoms with Gasteiger partial charge in [0.1, 0.15) is 0 Å². The Hall–Kier alpha value is -0.120. The average molecular weight is 160 g/mol. The van der Waals surface area contributed by atoms with Crippen molar-refractivity contribution in [3.05, 3.63) is 0 Å². The number of nitrogens with one attached hydrogen (secondary N) is 1.